The summed E-state index contributed by atoms with van der Waals surface area (Å²) < 4.78 is 7.15. The maximum Gasteiger partial charge on any atom is 0.193 e. The van der Waals surface area contributed by atoms with Crippen LogP contribution in [0.2, 0.25) is 5.22 Å². The Morgan fingerprint density at radius 2 is 2.38 bits per heavy atom. The Morgan fingerprint density at radius 3 is 3.06 bits per heavy atom. The number of nitrogens with one attached hydrogen (secondary N) is 1. The lowest BCUT2D eigenvalue weighted by Crippen LogP contribution is -1.98. The topological polar surface area (TPSA) is 43.0 Å². The molecule has 86 valence electrons. The van der Waals surface area contributed by atoms with Crippen LogP contribution >= 0.6 is 11.6 Å². The van der Waals surface area contributed by atoms with E-state index >= 15 is 0 Å². The Hall–Kier alpha value is -1.42. The molecule has 0 aromatic carbocycles. The quantitative estimate of drug-likeness (QED) is 0.872. The van der Waals surface area contributed by atoms with Crippen LogP contribution in [0.4, 0.5) is 5.69 Å². The largest absolute Gasteiger partial charge is 0.448 e. The van der Waals surface area contributed by atoms with E-state index in [1.807, 2.05) is 16.9 Å². The molecule has 0 fully saturated rings. The zero-order valence-corrected chi connectivity index (χ0v) is 9.87. The highest BCUT2D eigenvalue weighted by molar-refractivity contribution is 6.28. The first kappa shape index (κ1) is 11.1. The Bertz CT molecular complexity index is 450. The number of rotatable bonds is 5. The monoisotopic (exact) mass is 239 g/mol. The maximum atomic E-state index is 5.68. The second-order valence-electron chi connectivity index (χ2n) is 3.55. The van der Waals surface area contributed by atoms with Crippen LogP contribution < -0.4 is 5.32 Å². The summed E-state index contributed by atoms with van der Waals surface area (Å²) in [5.41, 5.74) is 0.987. The molecule has 0 saturated heterocycles. The van der Waals surface area contributed by atoms with Crippen molar-refractivity contribution >= 4 is 17.3 Å². The lowest BCUT2D eigenvalue weighted by molar-refractivity contribution is 0.520. The van der Waals surface area contributed by atoms with Crippen LogP contribution in [0.15, 0.2) is 28.9 Å². The Labute approximate surface area is 99.2 Å². The maximum absolute atomic E-state index is 5.68. The van der Waals surface area contributed by atoms with Crippen molar-refractivity contribution in [3.8, 4) is 0 Å². The van der Waals surface area contributed by atoms with E-state index in [-0.39, 0.29) is 0 Å². The summed E-state index contributed by atoms with van der Waals surface area (Å²) >= 11 is 5.68. The molecule has 2 rings (SSSR count). The average Bonchev–Trinajstić information content (AvgIpc) is 2.85. The fourth-order valence-corrected chi connectivity index (χ4v) is 1.60. The van der Waals surface area contributed by atoms with Crippen molar-refractivity contribution in [1.29, 1.82) is 0 Å². The molecule has 0 unspecified atom stereocenters. The Balaban J connectivity index is 1.89. The summed E-state index contributed by atoms with van der Waals surface area (Å²) in [4.78, 5) is 0. The third kappa shape index (κ3) is 2.79. The fraction of sp³-hybridized carbons (Fsp3) is 0.364. The molecule has 0 spiro atoms. The molecular formula is C11H14ClN3O. The van der Waals surface area contributed by atoms with E-state index in [1.54, 1.807) is 12.3 Å². The molecule has 0 aliphatic carbocycles. The van der Waals surface area contributed by atoms with Gasteiger partial charge in [0.1, 0.15) is 5.76 Å². The predicted molar refractivity (Wildman–Crippen MR) is 63.6 cm³/mol. The highest BCUT2D eigenvalue weighted by Gasteiger charge is 2.01. The van der Waals surface area contributed by atoms with Crippen molar-refractivity contribution in [3.63, 3.8) is 0 Å². The summed E-state index contributed by atoms with van der Waals surface area (Å²) in [6.07, 6.45) is 4.86. The van der Waals surface area contributed by atoms with E-state index in [4.69, 9.17) is 16.0 Å². The number of aromatic nitrogens is 2. The van der Waals surface area contributed by atoms with E-state index in [2.05, 4.69) is 17.3 Å². The van der Waals surface area contributed by atoms with Gasteiger partial charge >= 0.3 is 0 Å². The molecule has 0 bridgehead atoms. The number of nitrogens with zero attached hydrogens (tertiary/aromatic N) is 2. The fourth-order valence-electron chi connectivity index (χ4n) is 1.44. The van der Waals surface area contributed by atoms with Gasteiger partial charge in [0, 0.05) is 12.7 Å². The predicted octanol–water partition coefficient (Wildman–Crippen LogP) is 3.15. The molecule has 1 N–H and O–H groups in total. The van der Waals surface area contributed by atoms with E-state index in [9.17, 15) is 0 Å². The lowest BCUT2D eigenvalue weighted by Gasteiger charge is -1.99. The Morgan fingerprint density at radius 1 is 1.50 bits per heavy atom. The van der Waals surface area contributed by atoms with Gasteiger partial charge in [-0.15, -0.1) is 0 Å². The number of halogens is 1. The molecule has 0 aliphatic heterocycles. The minimum absolute atomic E-state index is 0.415. The molecule has 2 aromatic heterocycles. The first-order chi connectivity index (χ1) is 7.78. The number of hydrogen-bond acceptors (Lipinski definition) is 3. The molecule has 0 radical (unpaired) electrons. The van der Waals surface area contributed by atoms with Crippen molar-refractivity contribution in [1.82, 2.24) is 9.78 Å². The van der Waals surface area contributed by atoms with Crippen LogP contribution in [0.25, 0.3) is 0 Å². The first-order valence-corrected chi connectivity index (χ1v) is 5.66. The van der Waals surface area contributed by atoms with Gasteiger partial charge in [-0.2, -0.15) is 5.10 Å². The van der Waals surface area contributed by atoms with Gasteiger partial charge in [-0.25, -0.2) is 0 Å². The van der Waals surface area contributed by atoms with Gasteiger partial charge in [0.05, 0.1) is 18.4 Å². The molecule has 2 aromatic rings. The molecule has 0 amide bonds. The van der Waals surface area contributed by atoms with Crippen LogP contribution in [0.3, 0.4) is 0 Å². The van der Waals surface area contributed by atoms with Gasteiger partial charge in [-0.3, -0.25) is 4.68 Å². The summed E-state index contributed by atoms with van der Waals surface area (Å²) in [7, 11) is 0. The number of furan rings is 1. The van der Waals surface area contributed by atoms with E-state index in [0.717, 1.165) is 24.4 Å². The molecule has 0 atom stereocenters. The first-order valence-electron chi connectivity index (χ1n) is 5.28. The molecule has 4 nitrogen and oxygen atoms in total. The van der Waals surface area contributed by atoms with Gasteiger partial charge in [0.2, 0.25) is 0 Å². The van der Waals surface area contributed by atoms with Crippen LogP contribution in [-0.2, 0) is 13.1 Å². The normalized spacial score (nSPS) is 10.6. The summed E-state index contributed by atoms with van der Waals surface area (Å²) in [6, 6.07) is 3.59. The smallest absolute Gasteiger partial charge is 0.193 e. The van der Waals surface area contributed by atoms with Crippen molar-refractivity contribution < 1.29 is 4.42 Å². The third-order valence-electron chi connectivity index (χ3n) is 2.18. The van der Waals surface area contributed by atoms with Gasteiger partial charge in [-0.05, 0) is 30.2 Å². The standard InChI is InChI=1S/C11H14ClN3O/c1-2-5-15-8-9(6-14-15)13-7-10-3-4-11(12)16-10/h3-4,6,8,13H,2,5,7H2,1H3. The molecule has 0 saturated carbocycles. The van der Waals surface area contributed by atoms with Gasteiger partial charge in [0.25, 0.3) is 0 Å². The van der Waals surface area contributed by atoms with Crippen LogP contribution in [0.1, 0.15) is 19.1 Å². The number of anilines is 1. The SMILES string of the molecule is CCCn1cc(NCc2ccc(Cl)o2)cn1. The summed E-state index contributed by atoms with van der Waals surface area (Å²) in [5, 5.41) is 7.85. The third-order valence-corrected chi connectivity index (χ3v) is 2.38. The molecule has 5 heteroatoms. The van der Waals surface area contributed by atoms with E-state index in [1.165, 1.54) is 0 Å². The van der Waals surface area contributed by atoms with Crippen molar-refractivity contribution in [2.24, 2.45) is 0 Å². The number of hydrogen-bond donors (Lipinski definition) is 1. The van der Waals surface area contributed by atoms with E-state index in [0.29, 0.717) is 11.8 Å². The van der Waals surface area contributed by atoms with Crippen molar-refractivity contribution in [2.45, 2.75) is 26.4 Å². The zero-order valence-electron chi connectivity index (χ0n) is 9.11. The molecule has 0 aliphatic rings. The van der Waals surface area contributed by atoms with Gasteiger partial charge < -0.3 is 9.73 Å². The molecular weight excluding hydrogens is 226 g/mol. The van der Waals surface area contributed by atoms with Crippen molar-refractivity contribution in [3.05, 3.63) is 35.5 Å². The van der Waals surface area contributed by atoms with E-state index < -0.39 is 0 Å². The average molecular weight is 240 g/mol. The van der Waals surface area contributed by atoms with Crippen LogP contribution in [0, 0.1) is 0 Å². The van der Waals surface area contributed by atoms with Crippen LogP contribution in [0.5, 0.6) is 0 Å². The van der Waals surface area contributed by atoms with Gasteiger partial charge in [0.15, 0.2) is 5.22 Å². The summed E-state index contributed by atoms with van der Waals surface area (Å²) in [5.74, 6) is 0.813. The van der Waals surface area contributed by atoms with Crippen LogP contribution in [-0.4, -0.2) is 9.78 Å². The van der Waals surface area contributed by atoms with Crippen molar-refractivity contribution in [2.75, 3.05) is 5.32 Å². The highest BCUT2D eigenvalue weighted by atomic mass is 35.5. The molecule has 2 heterocycles. The lowest BCUT2D eigenvalue weighted by atomic mass is 10.4. The molecule has 16 heavy (non-hydrogen) atoms. The highest BCUT2D eigenvalue weighted by Crippen LogP contribution is 2.14. The zero-order chi connectivity index (χ0) is 11.4. The summed E-state index contributed by atoms with van der Waals surface area (Å²) in [6.45, 7) is 3.68. The van der Waals surface area contributed by atoms with Gasteiger partial charge in [-0.1, -0.05) is 6.92 Å². The minimum Gasteiger partial charge on any atom is -0.448 e. The number of aryl methyl sites for hydroxylation is 1. The minimum atomic E-state index is 0.415. The second-order valence-corrected chi connectivity index (χ2v) is 3.92. The second kappa shape index (κ2) is 5.07. The Kier molecular flexibility index (Phi) is 3.51.